The van der Waals surface area contributed by atoms with E-state index in [-0.39, 0.29) is 30.1 Å². The van der Waals surface area contributed by atoms with E-state index >= 15 is 0 Å². The molecule has 2 fully saturated rings. The van der Waals surface area contributed by atoms with Gasteiger partial charge in [-0.05, 0) is 63.0 Å². The molecule has 2 amide bonds. The lowest BCUT2D eigenvalue weighted by Crippen LogP contribution is -2.36. The van der Waals surface area contributed by atoms with Gasteiger partial charge in [-0.2, -0.15) is 0 Å². The zero-order valence-electron chi connectivity index (χ0n) is 16.4. The van der Waals surface area contributed by atoms with Crippen LogP contribution in [0.25, 0.3) is 0 Å². The number of rotatable bonds is 4. The van der Waals surface area contributed by atoms with Crippen LogP contribution < -0.4 is 16.0 Å². The minimum Gasteiger partial charge on any atom is -0.450 e. The zero-order valence-corrected chi connectivity index (χ0v) is 17.2. The normalized spacial score (nSPS) is 17.1. The molecule has 0 spiro atoms. The highest BCUT2D eigenvalue weighted by atomic mass is 35.5. The van der Waals surface area contributed by atoms with E-state index < -0.39 is 6.16 Å². The molecule has 1 saturated heterocycles. The predicted molar refractivity (Wildman–Crippen MR) is 113 cm³/mol. The first-order chi connectivity index (χ1) is 13.5. The zero-order chi connectivity index (χ0) is 20.4. The van der Waals surface area contributed by atoms with Crippen LogP contribution >= 0.6 is 12.4 Å². The van der Waals surface area contributed by atoms with Gasteiger partial charge in [0.05, 0.1) is 0 Å². The molecule has 1 heterocycles. The van der Waals surface area contributed by atoms with E-state index in [4.69, 9.17) is 15.0 Å². The summed E-state index contributed by atoms with van der Waals surface area (Å²) in [4.78, 5) is 33.1. The first-order valence-corrected chi connectivity index (χ1v) is 9.80. The number of hydrogen-bond acceptors (Lipinski definition) is 4. The van der Waals surface area contributed by atoms with Gasteiger partial charge in [0.2, 0.25) is 5.91 Å². The Morgan fingerprint density at radius 2 is 1.45 bits per heavy atom. The Morgan fingerprint density at radius 1 is 0.897 bits per heavy atom. The van der Waals surface area contributed by atoms with Gasteiger partial charge in [0, 0.05) is 23.2 Å². The number of carbonyl (C=O) groups is 3. The van der Waals surface area contributed by atoms with Crippen LogP contribution in [0.3, 0.4) is 0 Å². The van der Waals surface area contributed by atoms with E-state index in [1.54, 1.807) is 12.1 Å². The molecule has 1 aliphatic carbocycles. The number of amides is 2. The van der Waals surface area contributed by atoms with E-state index in [1.165, 1.54) is 19.3 Å². The smallest absolute Gasteiger partial charge is 0.450 e. The van der Waals surface area contributed by atoms with Crippen molar-refractivity contribution in [3.8, 4) is 0 Å². The highest BCUT2D eigenvalue weighted by molar-refractivity contribution is 5.96. The number of hydrogen-bond donors (Lipinski definition) is 5. The first-order valence-electron chi connectivity index (χ1n) is 9.80. The molecule has 29 heavy (non-hydrogen) atoms. The monoisotopic (exact) mass is 427 g/mol. The topological polar surface area (TPSA) is 128 Å². The largest absolute Gasteiger partial charge is 0.503 e. The molecule has 9 heteroatoms. The standard InChI is InChI=1S/C19H27N3O2.CH2O3.ClH/c23-18(21-16-4-2-1-3-5-16)14-6-8-17(9-7-14)22-19(24)15-10-12-20-13-11-15;2-1(3)4;/h6-9,15-16,20H,1-5,10-13H2,(H,21,23)(H,22,24);(H2,2,3,4);1H. The van der Waals surface area contributed by atoms with Crippen molar-refractivity contribution < 1.29 is 24.6 Å². The predicted octanol–water partition coefficient (Wildman–Crippen LogP) is 3.33. The van der Waals surface area contributed by atoms with Gasteiger partial charge in [-0.25, -0.2) is 4.79 Å². The molecular formula is C20H30ClN3O5. The SMILES string of the molecule is Cl.O=C(NC1CCCCC1)c1ccc(NC(=O)C2CCNCC2)cc1.O=C(O)O. The summed E-state index contributed by atoms with van der Waals surface area (Å²) in [7, 11) is 0. The molecule has 1 aliphatic heterocycles. The lowest BCUT2D eigenvalue weighted by atomic mass is 9.95. The lowest BCUT2D eigenvalue weighted by Gasteiger charge is -2.23. The summed E-state index contributed by atoms with van der Waals surface area (Å²) in [6.07, 6.45) is 5.77. The van der Waals surface area contributed by atoms with Crippen molar-refractivity contribution in [1.82, 2.24) is 10.6 Å². The minimum absolute atomic E-state index is 0. The van der Waals surface area contributed by atoms with Gasteiger partial charge in [-0.1, -0.05) is 19.3 Å². The second-order valence-electron chi connectivity index (χ2n) is 7.18. The van der Waals surface area contributed by atoms with Crippen molar-refractivity contribution in [1.29, 1.82) is 0 Å². The molecule has 1 saturated carbocycles. The summed E-state index contributed by atoms with van der Waals surface area (Å²) in [6, 6.07) is 7.51. The maximum Gasteiger partial charge on any atom is 0.503 e. The van der Waals surface area contributed by atoms with E-state index in [9.17, 15) is 9.59 Å². The first kappa shape index (κ1) is 24.7. The van der Waals surface area contributed by atoms with E-state index in [2.05, 4.69) is 16.0 Å². The summed E-state index contributed by atoms with van der Waals surface area (Å²) >= 11 is 0. The molecule has 0 atom stereocenters. The Morgan fingerprint density at radius 3 is 2.00 bits per heavy atom. The van der Waals surface area contributed by atoms with E-state index in [0.29, 0.717) is 11.6 Å². The minimum atomic E-state index is -1.83. The van der Waals surface area contributed by atoms with Gasteiger partial charge in [-0.3, -0.25) is 9.59 Å². The number of benzene rings is 1. The maximum atomic E-state index is 12.3. The van der Waals surface area contributed by atoms with Crippen LogP contribution in [0.4, 0.5) is 10.5 Å². The summed E-state index contributed by atoms with van der Waals surface area (Å²) in [5.41, 5.74) is 1.41. The van der Waals surface area contributed by atoms with Gasteiger partial charge in [-0.15, -0.1) is 12.4 Å². The van der Waals surface area contributed by atoms with Gasteiger partial charge in [0.1, 0.15) is 0 Å². The third kappa shape index (κ3) is 9.15. The summed E-state index contributed by atoms with van der Waals surface area (Å²) in [5.74, 6) is 0.148. The van der Waals surface area contributed by atoms with Crippen LogP contribution in [0.2, 0.25) is 0 Å². The van der Waals surface area contributed by atoms with Crippen LogP contribution in [-0.4, -0.2) is 47.3 Å². The Hall–Kier alpha value is -2.32. The van der Waals surface area contributed by atoms with Crippen molar-refractivity contribution in [2.24, 2.45) is 5.92 Å². The number of halogens is 1. The second kappa shape index (κ2) is 13.0. The molecule has 1 aromatic rings. The van der Waals surface area contributed by atoms with Crippen LogP contribution in [0.15, 0.2) is 24.3 Å². The molecule has 0 unspecified atom stereocenters. The quantitative estimate of drug-likeness (QED) is 0.501. The molecule has 0 bridgehead atoms. The Bertz CT molecular complexity index is 653. The molecule has 0 radical (unpaired) electrons. The van der Waals surface area contributed by atoms with Crippen molar-refractivity contribution in [3.63, 3.8) is 0 Å². The van der Waals surface area contributed by atoms with Crippen molar-refractivity contribution >= 4 is 36.1 Å². The molecular weight excluding hydrogens is 398 g/mol. The van der Waals surface area contributed by atoms with Crippen LogP contribution in [-0.2, 0) is 4.79 Å². The van der Waals surface area contributed by atoms with Crippen LogP contribution in [0.1, 0.15) is 55.3 Å². The van der Waals surface area contributed by atoms with E-state index in [0.717, 1.165) is 44.5 Å². The molecule has 1 aromatic carbocycles. The highest BCUT2D eigenvalue weighted by Gasteiger charge is 2.21. The van der Waals surface area contributed by atoms with Crippen molar-refractivity contribution in [2.75, 3.05) is 18.4 Å². The van der Waals surface area contributed by atoms with Gasteiger partial charge < -0.3 is 26.2 Å². The molecule has 8 nitrogen and oxygen atoms in total. The summed E-state index contributed by atoms with van der Waals surface area (Å²) < 4.78 is 0. The van der Waals surface area contributed by atoms with Crippen LogP contribution in [0.5, 0.6) is 0 Å². The number of carbonyl (C=O) groups excluding carboxylic acids is 2. The van der Waals surface area contributed by atoms with Gasteiger partial charge in [0.25, 0.3) is 5.91 Å². The summed E-state index contributed by atoms with van der Waals surface area (Å²) in [6.45, 7) is 1.80. The number of carboxylic acid groups (broad SMARTS) is 2. The highest BCUT2D eigenvalue weighted by Crippen LogP contribution is 2.19. The van der Waals surface area contributed by atoms with Crippen molar-refractivity contribution in [2.45, 2.75) is 51.0 Å². The third-order valence-corrected chi connectivity index (χ3v) is 5.06. The Balaban J connectivity index is 0.000000771. The van der Waals surface area contributed by atoms with E-state index in [1.807, 2.05) is 12.1 Å². The fourth-order valence-corrected chi connectivity index (χ4v) is 3.55. The Labute approximate surface area is 176 Å². The molecule has 162 valence electrons. The lowest BCUT2D eigenvalue weighted by molar-refractivity contribution is -0.120. The Kier molecular flexibility index (Phi) is 11.1. The molecule has 5 N–H and O–H groups in total. The van der Waals surface area contributed by atoms with Gasteiger partial charge >= 0.3 is 6.16 Å². The fraction of sp³-hybridized carbons (Fsp3) is 0.550. The number of nitrogens with one attached hydrogen (secondary N) is 3. The maximum absolute atomic E-state index is 12.3. The second-order valence-corrected chi connectivity index (χ2v) is 7.18. The average Bonchev–Trinajstić information content (AvgIpc) is 2.69. The fourth-order valence-electron chi connectivity index (χ4n) is 3.55. The van der Waals surface area contributed by atoms with Gasteiger partial charge in [0.15, 0.2) is 0 Å². The molecule has 3 rings (SSSR count). The van der Waals surface area contributed by atoms with Crippen LogP contribution in [0, 0.1) is 5.92 Å². The average molecular weight is 428 g/mol. The molecule has 2 aliphatic rings. The number of piperidine rings is 1. The molecule has 0 aromatic heterocycles. The number of anilines is 1. The third-order valence-electron chi connectivity index (χ3n) is 5.06. The van der Waals surface area contributed by atoms with Crippen molar-refractivity contribution in [3.05, 3.63) is 29.8 Å². The summed E-state index contributed by atoms with van der Waals surface area (Å²) in [5, 5.41) is 23.3.